The zero-order valence-corrected chi connectivity index (χ0v) is 10.9. The third-order valence-corrected chi connectivity index (χ3v) is 2.75. The van der Waals surface area contributed by atoms with Crippen LogP contribution in [0.4, 0.5) is 0 Å². The Hall–Kier alpha value is -0.860. The lowest BCUT2D eigenvalue weighted by atomic mass is 10.0. The molecular formula is C14H24N2. The van der Waals surface area contributed by atoms with Gasteiger partial charge in [-0.2, -0.15) is 0 Å². The lowest BCUT2D eigenvalue weighted by molar-refractivity contribution is 0.434. The maximum Gasteiger partial charge on any atom is 0.0292 e. The molecule has 0 spiro atoms. The molecule has 0 fully saturated rings. The molecule has 90 valence electrons. The summed E-state index contributed by atoms with van der Waals surface area (Å²) in [6, 6.07) is 9.14. The third-order valence-electron chi connectivity index (χ3n) is 2.75. The third kappa shape index (κ3) is 4.33. The van der Waals surface area contributed by atoms with Gasteiger partial charge in [0.05, 0.1) is 0 Å². The van der Waals surface area contributed by atoms with Crippen molar-refractivity contribution in [2.75, 3.05) is 6.54 Å². The van der Waals surface area contributed by atoms with Gasteiger partial charge in [-0.1, -0.05) is 31.2 Å². The van der Waals surface area contributed by atoms with E-state index in [1.807, 2.05) is 13.8 Å². The lowest BCUT2D eigenvalue weighted by Crippen LogP contribution is -2.43. The second-order valence-electron chi connectivity index (χ2n) is 5.19. The number of benzene rings is 1. The van der Waals surface area contributed by atoms with Crippen molar-refractivity contribution in [2.24, 2.45) is 5.73 Å². The van der Waals surface area contributed by atoms with E-state index < -0.39 is 0 Å². The van der Waals surface area contributed by atoms with Gasteiger partial charge in [-0.25, -0.2) is 0 Å². The number of nitrogens with one attached hydrogen (secondary N) is 1. The molecule has 1 rings (SSSR count). The highest BCUT2D eigenvalue weighted by Crippen LogP contribution is 2.14. The van der Waals surface area contributed by atoms with E-state index in [1.165, 1.54) is 11.1 Å². The Kier molecular flexibility index (Phi) is 4.51. The second-order valence-corrected chi connectivity index (χ2v) is 5.19. The largest absolute Gasteiger partial charge is 0.324 e. The van der Waals surface area contributed by atoms with Crippen LogP contribution in [0.15, 0.2) is 24.3 Å². The molecule has 0 aliphatic rings. The Labute approximate surface area is 99.2 Å². The molecule has 0 saturated heterocycles. The Morgan fingerprint density at radius 3 is 2.25 bits per heavy atom. The molecule has 2 heteroatoms. The molecule has 16 heavy (non-hydrogen) atoms. The fourth-order valence-corrected chi connectivity index (χ4v) is 1.58. The standard InChI is InChI=1S/C14H24N2/c1-5-12-6-8-13(9-7-12)11(2)16-10-14(3,4)15/h6-9,11,16H,5,10,15H2,1-4H3. The number of aryl methyl sites for hydroxylation is 1. The summed E-state index contributed by atoms with van der Waals surface area (Å²) < 4.78 is 0. The first-order valence-corrected chi connectivity index (χ1v) is 6.03. The Morgan fingerprint density at radius 1 is 1.25 bits per heavy atom. The fourth-order valence-electron chi connectivity index (χ4n) is 1.58. The van der Waals surface area contributed by atoms with Crippen LogP contribution in [0, 0.1) is 0 Å². The summed E-state index contributed by atoms with van der Waals surface area (Å²) in [5, 5.41) is 3.45. The van der Waals surface area contributed by atoms with E-state index in [0.717, 1.165) is 13.0 Å². The van der Waals surface area contributed by atoms with Crippen LogP contribution in [0.2, 0.25) is 0 Å². The predicted molar refractivity (Wildman–Crippen MR) is 70.5 cm³/mol. The van der Waals surface area contributed by atoms with Gasteiger partial charge >= 0.3 is 0 Å². The molecule has 0 radical (unpaired) electrons. The maximum atomic E-state index is 5.94. The maximum absolute atomic E-state index is 5.94. The summed E-state index contributed by atoms with van der Waals surface area (Å²) in [5.74, 6) is 0. The minimum Gasteiger partial charge on any atom is -0.324 e. The Bertz CT molecular complexity index is 309. The predicted octanol–water partition coefficient (Wildman–Crippen LogP) is 2.64. The van der Waals surface area contributed by atoms with E-state index in [2.05, 4.69) is 43.4 Å². The van der Waals surface area contributed by atoms with Crippen LogP contribution in [-0.2, 0) is 6.42 Å². The molecule has 0 bridgehead atoms. The first-order chi connectivity index (χ1) is 7.42. The van der Waals surface area contributed by atoms with Crippen LogP contribution in [0.5, 0.6) is 0 Å². The summed E-state index contributed by atoms with van der Waals surface area (Å²) in [5.41, 5.74) is 8.49. The van der Waals surface area contributed by atoms with Crippen molar-refractivity contribution in [3.05, 3.63) is 35.4 Å². The number of hydrogen-bond acceptors (Lipinski definition) is 2. The van der Waals surface area contributed by atoms with Crippen LogP contribution in [0.25, 0.3) is 0 Å². The van der Waals surface area contributed by atoms with Gasteiger partial charge in [0, 0.05) is 18.1 Å². The number of nitrogens with two attached hydrogens (primary N) is 1. The first-order valence-electron chi connectivity index (χ1n) is 6.03. The fraction of sp³-hybridized carbons (Fsp3) is 0.571. The smallest absolute Gasteiger partial charge is 0.0292 e. The zero-order chi connectivity index (χ0) is 12.2. The van der Waals surface area contributed by atoms with E-state index in [-0.39, 0.29) is 5.54 Å². The molecule has 1 aromatic carbocycles. The molecule has 0 aromatic heterocycles. The average molecular weight is 220 g/mol. The molecule has 3 N–H and O–H groups in total. The quantitative estimate of drug-likeness (QED) is 0.800. The summed E-state index contributed by atoms with van der Waals surface area (Å²) in [7, 11) is 0. The van der Waals surface area contributed by atoms with E-state index in [4.69, 9.17) is 5.73 Å². The highest BCUT2D eigenvalue weighted by molar-refractivity contribution is 5.24. The van der Waals surface area contributed by atoms with Gasteiger partial charge in [-0.3, -0.25) is 0 Å². The highest BCUT2D eigenvalue weighted by Gasteiger charge is 2.12. The average Bonchev–Trinajstić information content (AvgIpc) is 2.25. The van der Waals surface area contributed by atoms with E-state index in [1.54, 1.807) is 0 Å². The highest BCUT2D eigenvalue weighted by atomic mass is 14.9. The van der Waals surface area contributed by atoms with Gasteiger partial charge in [0.1, 0.15) is 0 Å². The SMILES string of the molecule is CCc1ccc(C(C)NCC(C)(C)N)cc1. The molecule has 0 aliphatic heterocycles. The van der Waals surface area contributed by atoms with Crippen LogP contribution < -0.4 is 11.1 Å². The molecule has 1 unspecified atom stereocenters. The molecule has 0 aliphatic carbocycles. The second kappa shape index (κ2) is 5.46. The van der Waals surface area contributed by atoms with Crippen molar-refractivity contribution < 1.29 is 0 Å². The molecule has 2 nitrogen and oxygen atoms in total. The molecule has 0 heterocycles. The van der Waals surface area contributed by atoms with Gasteiger partial charge in [0.2, 0.25) is 0 Å². The Balaban J connectivity index is 2.56. The van der Waals surface area contributed by atoms with Crippen molar-refractivity contribution in [2.45, 2.75) is 45.7 Å². The minimum atomic E-state index is -0.155. The molecule has 1 atom stereocenters. The normalized spacial score (nSPS) is 13.8. The number of rotatable bonds is 5. The molecule has 1 aromatic rings. The van der Waals surface area contributed by atoms with Crippen molar-refractivity contribution in [3.63, 3.8) is 0 Å². The lowest BCUT2D eigenvalue weighted by Gasteiger charge is -2.23. The van der Waals surface area contributed by atoms with Gasteiger partial charge in [0.15, 0.2) is 0 Å². The molecular weight excluding hydrogens is 196 g/mol. The monoisotopic (exact) mass is 220 g/mol. The van der Waals surface area contributed by atoms with Crippen molar-refractivity contribution >= 4 is 0 Å². The van der Waals surface area contributed by atoms with Crippen molar-refractivity contribution in [1.82, 2.24) is 5.32 Å². The molecule has 0 amide bonds. The summed E-state index contributed by atoms with van der Waals surface area (Å²) >= 11 is 0. The summed E-state index contributed by atoms with van der Waals surface area (Å²) in [6.45, 7) is 9.24. The summed E-state index contributed by atoms with van der Waals surface area (Å²) in [6.07, 6.45) is 1.10. The Morgan fingerprint density at radius 2 is 1.81 bits per heavy atom. The van der Waals surface area contributed by atoms with Gasteiger partial charge in [0.25, 0.3) is 0 Å². The van der Waals surface area contributed by atoms with Crippen LogP contribution in [0.1, 0.15) is 44.9 Å². The van der Waals surface area contributed by atoms with Crippen LogP contribution in [-0.4, -0.2) is 12.1 Å². The summed E-state index contributed by atoms with van der Waals surface area (Å²) in [4.78, 5) is 0. The van der Waals surface area contributed by atoms with Gasteiger partial charge < -0.3 is 11.1 Å². The van der Waals surface area contributed by atoms with E-state index in [9.17, 15) is 0 Å². The van der Waals surface area contributed by atoms with Crippen molar-refractivity contribution in [3.8, 4) is 0 Å². The topological polar surface area (TPSA) is 38.0 Å². The van der Waals surface area contributed by atoms with Gasteiger partial charge in [-0.05, 0) is 38.3 Å². The van der Waals surface area contributed by atoms with Crippen LogP contribution in [0.3, 0.4) is 0 Å². The number of hydrogen-bond donors (Lipinski definition) is 2. The first kappa shape index (κ1) is 13.2. The van der Waals surface area contributed by atoms with Gasteiger partial charge in [-0.15, -0.1) is 0 Å². The molecule has 0 saturated carbocycles. The van der Waals surface area contributed by atoms with E-state index >= 15 is 0 Å². The zero-order valence-electron chi connectivity index (χ0n) is 10.9. The van der Waals surface area contributed by atoms with Crippen molar-refractivity contribution in [1.29, 1.82) is 0 Å². The van der Waals surface area contributed by atoms with E-state index in [0.29, 0.717) is 6.04 Å². The van der Waals surface area contributed by atoms with Crippen LogP contribution >= 0.6 is 0 Å². The minimum absolute atomic E-state index is 0.155.